The number of benzene rings is 1. The highest BCUT2D eigenvalue weighted by atomic mass is 35.5. The second-order valence-corrected chi connectivity index (χ2v) is 4.15. The van der Waals surface area contributed by atoms with Gasteiger partial charge in [-0.05, 0) is 24.5 Å². The topological polar surface area (TPSA) is 35.2 Å². The van der Waals surface area contributed by atoms with Gasteiger partial charge in [0, 0.05) is 11.1 Å². The smallest absolute Gasteiger partial charge is 0.143 e. The molecule has 0 aliphatic carbocycles. The Morgan fingerprint density at radius 2 is 2.14 bits per heavy atom. The average molecular weight is 214 g/mol. The van der Waals surface area contributed by atoms with Crippen molar-refractivity contribution in [2.45, 2.75) is 20.3 Å². The van der Waals surface area contributed by atoms with Gasteiger partial charge in [-0.15, -0.1) is 0 Å². The Morgan fingerprint density at radius 1 is 1.43 bits per heavy atom. The lowest BCUT2D eigenvalue weighted by Gasteiger charge is -2.10. The van der Waals surface area contributed by atoms with E-state index in [1.54, 1.807) is 18.2 Å². The van der Waals surface area contributed by atoms with E-state index in [4.69, 9.17) is 22.1 Å². The van der Waals surface area contributed by atoms with E-state index in [2.05, 4.69) is 13.8 Å². The zero-order valence-corrected chi connectivity index (χ0v) is 9.34. The Balaban J connectivity index is 2.53. The Kier molecular flexibility index (Phi) is 4.08. The van der Waals surface area contributed by atoms with Gasteiger partial charge in [-0.1, -0.05) is 25.4 Å². The first kappa shape index (κ1) is 11.2. The fourth-order valence-electron chi connectivity index (χ4n) is 1.04. The fraction of sp³-hybridized carbons (Fsp3) is 0.455. The molecule has 0 unspecified atom stereocenters. The number of ether oxygens (including phenoxy) is 1. The maximum atomic E-state index is 5.82. The molecule has 0 atom stereocenters. The third-order valence-corrected chi connectivity index (χ3v) is 2.16. The molecule has 0 aliphatic heterocycles. The van der Waals surface area contributed by atoms with Crippen LogP contribution in [0.2, 0.25) is 5.02 Å². The molecule has 0 saturated heterocycles. The second-order valence-electron chi connectivity index (χ2n) is 3.71. The lowest BCUT2D eigenvalue weighted by atomic mass is 10.1. The van der Waals surface area contributed by atoms with Crippen molar-refractivity contribution in [3.05, 3.63) is 23.2 Å². The molecule has 0 spiro atoms. The van der Waals surface area contributed by atoms with Crippen LogP contribution in [0.1, 0.15) is 20.3 Å². The SMILES string of the molecule is CC(C)CCOc1cc(Cl)ccc1N. The van der Waals surface area contributed by atoms with Gasteiger partial charge in [0.1, 0.15) is 5.75 Å². The van der Waals surface area contributed by atoms with Crippen LogP contribution in [0.3, 0.4) is 0 Å². The van der Waals surface area contributed by atoms with E-state index in [1.807, 2.05) is 0 Å². The van der Waals surface area contributed by atoms with Crippen LogP contribution in [-0.2, 0) is 0 Å². The molecule has 0 bridgehead atoms. The van der Waals surface area contributed by atoms with Gasteiger partial charge in [-0.3, -0.25) is 0 Å². The highest BCUT2D eigenvalue weighted by Crippen LogP contribution is 2.25. The van der Waals surface area contributed by atoms with Crippen molar-refractivity contribution in [2.75, 3.05) is 12.3 Å². The van der Waals surface area contributed by atoms with Crippen LogP contribution in [0.5, 0.6) is 5.75 Å². The molecular formula is C11H16ClNO. The van der Waals surface area contributed by atoms with Crippen LogP contribution in [0, 0.1) is 5.92 Å². The highest BCUT2D eigenvalue weighted by Gasteiger charge is 2.01. The van der Waals surface area contributed by atoms with Crippen molar-refractivity contribution >= 4 is 17.3 Å². The van der Waals surface area contributed by atoms with Crippen molar-refractivity contribution in [3.63, 3.8) is 0 Å². The first-order chi connectivity index (χ1) is 6.59. The van der Waals surface area contributed by atoms with E-state index in [-0.39, 0.29) is 0 Å². The van der Waals surface area contributed by atoms with Crippen molar-refractivity contribution in [1.82, 2.24) is 0 Å². The minimum absolute atomic E-state index is 0.635. The van der Waals surface area contributed by atoms with Crippen molar-refractivity contribution in [1.29, 1.82) is 0 Å². The lowest BCUT2D eigenvalue weighted by molar-refractivity contribution is 0.291. The van der Waals surface area contributed by atoms with E-state index in [0.29, 0.717) is 29.0 Å². The summed E-state index contributed by atoms with van der Waals surface area (Å²) in [6, 6.07) is 5.26. The monoisotopic (exact) mass is 213 g/mol. The molecule has 0 aliphatic rings. The van der Waals surface area contributed by atoms with Gasteiger partial charge in [-0.2, -0.15) is 0 Å². The summed E-state index contributed by atoms with van der Waals surface area (Å²) in [6.45, 7) is 5.00. The second kappa shape index (κ2) is 5.11. The Labute approximate surface area is 90.0 Å². The fourth-order valence-corrected chi connectivity index (χ4v) is 1.20. The van der Waals surface area contributed by atoms with Gasteiger partial charge in [0.2, 0.25) is 0 Å². The van der Waals surface area contributed by atoms with Crippen LogP contribution in [0.25, 0.3) is 0 Å². The van der Waals surface area contributed by atoms with Crippen LogP contribution in [0.15, 0.2) is 18.2 Å². The summed E-state index contributed by atoms with van der Waals surface area (Å²) in [6.07, 6.45) is 1.02. The van der Waals surface area contributed by atoms with Crippen molar-refractivity contribution in [3.8, 4) is 5.75 Å². The number of hydrogen-bond acceptors (Lipinski definition) is 2. The van der Waals surface area contributed by atoms with E-state index in [9.17, 15) is 0 Å². The zero-order valence-electron chi connectivity index (χ0n) is 8.59. The van der Waals surface area contributed by atoms with Gasteiger partial charge >= 0.3 is 0 Å². The Morgan fingerprint density at radius 3 is 2.79 bits per heavy atom. The molecule has 0 amide bonds. The summed E-state index contributed by atoms with van der Waals surface area (Å²) < 4.78 is 5.52. The average Bonchev–Trinajstić information content (AvgIpc) is 2.10. The maximum absolute atomic E-state index is 5.82. The first-order valence-electron chi connectivity index (χ1n) is 4.77. The molecule has 0 fully saturated rings. The Hall–Kier alpha value is -0.890. The largest absolute Gasteiger partial charge is 0.491 e. The van der Waals surface area contributed by atoms with Gasteiger partial charge < -0.3 is 10.5 Å². The molecule has 2 N–H and O–H groups in total. The molecule has 2 nitrogen and oxygen atoms in total. The molecule has 0 aromatic heterocycles. The minimum Gasteiger partial charge on any atom is -0.491 e. The molecule has 78 valence electrons. The summed E-state index contributed by atoms with van der Waals surface area (Å²) in [5.74, 6) is 1.31. The normalized spacial score (nSPS) is 10.6. The standard InChI is InChI=1S/C11H16ClNO/c1-8(2)5-6-14-11-7-9(12)3-4-10(11)13/h3-4,7-8H,5-6,13H2,1-2H3. The number of rotatable bonds is 4. The molecule has 3 heteroatoms. The van der Waals surface area contributed by atoms with Gasteiger partial charge in [0.15, 0.2) is 0 Å². The molecule has 0 heterocycles. The zero-order chi connectivity index (χ0) is 10.6. The molecule has 0 radical (unpaired) electrons. The predicted octanol–water partition coefficient (Wildman–Crippen LogP) is 3.35. The third-order valence-electron chi connectivity index (χ3n) is 1.93. The molecule has 1 rings (SSSR count). The maximum Gasteiger partial charge on any atom is 0.143 e. The summed E-state index contributed by atoms with van der Waals surface area (Å²) in [4.78, 5) is 0. The molecule has 14 heavy (non-hydrogen) atoms. The van der Waals surface area contributed by atoms with E-state index in [1.165, 1.54) is 0 Å². The van der Waals surface area contributed by atoms with Crippen LogP contribution in [-0.4, -0.2) is 6.61 Å². The van der Waals surface area contributed by atoms with E-state index >= 15 is 0 Å². The first-order valence-corrected chi connectivity index (χ1v) is 5.15. The predicted molar refractivity (Wildman–Crippen MR) is 60.8 cm³/mol. The lowest BCUT2D eigenvalue weighted by Crippen LogP contribution is -2.03. The summed E-state index contributed by atoms with van der Waals surface area (Å²) >= 11 is 5.82. The van der Waals surface area contributed by atoms with E-state index in [0.717, 1.165) is 6.42 Å². The number of nitrogen functional groups attached to an aromatic ring is 1. The highest BCUT2D eigenvalue weighted by molar-refractivity contribution is 6.30. The van der Waals surface area contributed by atoms with Crippen LogP contribution < -0.4 is 10.5 Å². The van der Waals surface area contributed by atoms with Gasteiger partial charge in [-0.25, -0.2) is 0 Å². The third kappa shape index (κ3) is 3.46. The molecule has 1 aromatic carbocycles. The quantitative estimate of drug-likeness (QED) is 0.779. The van der Waals surface area contributed by atoms with Crippen LogP contribution >= 0.6 is 11.6 Å². The molecular weight excluding hydrogens is 198 g/mol. The molecule has 1 aromatic rings. The van der Waals surface area contributed by atoms with Crippen molar-refractivity contribution < 1.29 is 4.74 Å². The van der Waals surface area contributed by atoms with Gasteiger partial charge in [0.25, 0.3) is 0 Å². The summed E-state index contributed by atoms with van der Waals surface area (Å²) in [5.41, 5.74) is 6.36. The van der Waals surface area contributed by atoms with Gasteiger partial charge in [0.05, 0.1) is 12.3 Å². The molecule has 0 saturated carbocycles. The number of anilines is 1. The Bertz CT molecular complexity index is 299. The van der Waals surface area contributed by atoms with Crippen LogP contribution in [0.4, 0.5) is 5.69 Å². The summed E-state index contributed by atoms with van der Waals surface area (Å²) in [5, 5.41) is 0.652. The number of halogens is 1. The van der Waals surface area contributed by atoms with E-state index < -0.39 is 0 Å². The van der Waals surface area contributed by atoms with Crippen molar-refractivity contribution in [2.24, 2.45) is 5.92 Å². The minimum atomic E-state index is 0.635. The number of hydrogen-bond donors (Lipinski definition) is 1. The summed E-state index contributed by atoms with van der Waals surface area (Å²) in [7, 11) is 0. The number of nitrogens with two attached hydrogens (primary N) is 1.